The molecule has 35 heavy (non-hydrogen) atoms. The maximum atomic E-state index is 12.5. The van der Waals surface area contributed by atoms with Gasteiger partial charge in [-0.1, -0.05) is 30.3 Å². The van der Waals surface area contributed by atoms with Gasteiger partial charge >= 0.3 is 17.5 Å². The Labute approximate surface area is 209 Å². The summed E-state index contributed by atoms with van der Waals surface area (Å²) in [6, 6.07) is 10.3. The van der Waals surface area contributed by atoms with Gasteiger partial charge in [0.1, 0.15) is 17.2 Å². The maximum Gasteiger partial charge on any atom is 0.350 e. The molecule has 0 aliphatic carbocycles. The Hall–Kier alpha value is -4.04. The van der Waals surface area contributed by atoms with Crippen molar-refractivity contribution in [3.8, 4) is 16.3 Å². The van der Waals surface area contributed by atoms with Crippen molar-refractivity contribution in [1.82, 2.24) is 20.6 Å². The molecule has 12 nitrogen and oxygen atoms in total. The number of hydrazine groups is 1. The Kier molecular flexibility index (Phi) is 8.33. The first-order chi connectivity index (χ1) is 16.7. The summed E-state index contributed by atoms with van der Waals surface area (Å²) in [4.78, 5) is 36.2. The van der Waals surface area contributed by atoms with Crippen LogP contribution in [0, 0.1) is 10.1 Å². The number of benzene rings is 1. The number of anilines is 1. The van der Waals surface area contributed by atoms with Crippen LogP contribution in [-0.4, -0.2) is 45.4 Å². The van der Waals surface area contributed by atoms with E-state index in [1.165, 1.54) is 25.4 Å². The molecule has 0 spiro atoms. The lowest BCUT2D eigenvalue weighted by atomic mass is 10.1. The van der Waals surface area contributed by atoms with Gasteiger partial charge in [0.2, 0.25) is 0 Å². The molecule has 0 saturated carbocycles. The topological polar surface area (TPSA) is 150 Å². The summed E-state index contributed by atoms with van der Waals surface area (Å²) in [6.07, 6.45) is 1.10. The highest BCUT2D eigenvalue weighted by molar-refractivity contribution is 7.80. The molecule has 3 N–H and O–H groups in total. The van der Waals surface area contributed by atoms with E-state index in [1.54, 1.807) is 13.0 Å². The summed E-state index contributed by atoms with van der Waals surface area (Å²) in [5, 5.41) is 18.4. The van der Waals surface area contributed by atoms with Gasteiger partial charge in [0.25, 0.3) is 5.91 Å². The smallest absolute Gasteiger partial charge is 0.350 e. The van der Waals surface area contributed by atoms with Crippen LogP contribution in [0.2, 0.25) is 0 Å². The number of hydrogen-bond donors (Lipinski definition) is 3. The number of nitrogens with one attached hydrogen (secondary N) is 3. The van der Waals surface area contributed by atoms with E-state index in [4.69, 9.17) is 21.7 Å². The highest BCUT2D eigenvalue weighted by Gasteiger charge is 2.25. The van der Waals surface area contributed by atoms with Crippen LogP contribution < -0.4 is 20.9 Å². The number of rotatable bonds is 8. The Morgan fingerprint density at radius 1 is 1.29 bits per heavy atom. The first-order valence-corrected chi connectivity index (χ1v) is 11.5. The third-order valence-corrected chi connectivity index (χ3v) is 5.96. The Balaban J connectivity index is 1.69. The number of amides is 1. The molecule has 3 rings (SSSR count). The molecule has 1 atom stereocenters. The highest BCUT2D eigenvalue weighted by Crippen LogP contribution is 2.36. The molecule has 3 aromatic rings. The second-order valence-electron chi connectivity index (χ2n) is 6.95. The number of nitro groups is 1. The minimum Gasteiger partial charge on any atom is -0.475 e. The monoisotopic (exact) mass is 518 g/mol. The van der Waals surface area contributed by atoms with E-state index in [0.29, 0.717) is 10.6 Å². The number of aromatic nitrogens is 2. The summed E-state index contributed by atoms with van der Waals surface area (Å²) in [6.45, 7) is 3.41. The summed E-state index contributed by atoms with van der Waals surface area (Å²) in [7, 11) is 1.24. The molecular formula is C21H22N6O6S2. The van der Waals surface area contributed by atoms with Crippen molar-refractivity contribution >= 4 is 51.2 Å². The molecule has 1 aromatic carbocycles. The summed E-state index contributed by atoms with van der Waals surface area (Å²) in [5.41, 5.74) is 5.82. The summed E-state index contributed by atoms with van der Waals surface area (Å²) >= 11 is 6.56. The first-order valence-electron chi connectivity index (χ1n) is 10.3. The number of methoxy groups -OCH3 is 1. The van der Waals surface area contributed by atoms with E-state index >= 15 is 0 Å². The van der Waals surface area contributed by atoms with Gasteiger partial charge in [-0.2, -0.15) is 0 Å². The van der Waals surface area contributed by atoms with Gasteiger partial charge in [-0.15, -0.1) is 16.4 Å². The van der Waals surface area contributed by atoms with Crippen molar-refractivity contribution in [2.75, 3.05) is 19.0 Å². The maximum absolute atomic E-state index is 12.5. The zero-order valence-electron chi connectivity index (χ0n) is 18.9. The van der Waals surface area contributed by atoms with E-state index in [2.05, 4.69) is 21.3 Å². The van der Waals surface area contributed by atoms with Gasteiger partial charge in [-0.05, 0) is 37.7 Å². The van der Waals surface area contributed by atoms with Crippen molar-refractivity contribution in [3.63, 3.8) is 0 Å². The second kappa shape index (κ2) is 11.4. The molecule has 2 aromatic heterocycles. The molecule has 0 saturated heterocycles. The largest absolute Gasteiger partial charge is 0.475 e. The summed E-state index contributed by atoms with van der Waals surface area (Å²) < 4.78 is 11.1. The van der Waals surface area contributed by atoms with Crippen LogP contribution >= 0.6 is 23.6 Å². The van der Waals surface area contributed by atoms with Crippen molar-refractivity contribution in [3.05, 3.63) is 58.3 Å². The molecule has 0 aliphatic rings. The Bertz CT molecular complexity index is 1240. The van der Waals surface area contributed by atoms with Gasteiger partial charge in [-0.3, -0.25) is 25.8 Å². The fraction of sp³-hybridized carbons (Fsp3) is 0.238. The molecule has 0 bridgehead atoms. The lowest BCUT2D eigenvalue weighted by Gasteiger charge is -2.15. The minimum atomic E-state index is -0.922. The SMILES string of the molecule is CCOC(=O)c1cc(-c2ccccc2)sc1NC(=S)NNC(=O)C(C)n1cc([N+](=O)[O-])c(OC)n1. The van der Waals surface area contributed by atoms with E-state index in [0.717, 1.165) is 21.3 Å². The number of hydrogen-bond acceptors (Lipinski definition) is 9. The van der Waals surface area contributed by atoms with Gasteiger partial charge in [0.05, 0.1) is 24.2 Å². The second-order valence-corrected chi connectivity index (χ2v) is 8.41. The first kappa shape index (κ1) is 25.6. The summed E-state index contributed by atoms with van der Waals surface area (Å²) in [5.74, 6) is -1.29. The van der Waals surface area contributed by atoms with E-state index in [-0.39, 0.29) is 23.3 Å². The Morgan fingerprint density at radius 2 is 2.00 bits per heavy atom. The van der Waals surface area contributed by atoms with Crippen molar-refractivity contribution in [1.29, 1.82) is 0 Å². The number of thiocarbonyl (C=S) groups is 1. The number of thiophene rings is 1. The van der Waals surface area contributed by atoms with Gasteiger partial charge in [-0.25, -0.2) is 9.48 Å². The van der Waals surface area contributed by atoms with E-state index in [9.17, 15) is 19.7 Å². The van der Waals surface area contributed by atoms with Crippen LogP contribution in [-0.2, 0) is 9.53 Å². The molecular weight excluding hydrogens is 496 g/mol. The van der Waals surface area contributed by atoms with Crippen LogP contribution in [0.15, 0.2) is 42.6 Å². The standard InChI is InChI=1S/C21H22N6O6S2/c1-4-33-20(29)14-10-16(13-8-6-5-7-9-13)35-19(14)22-21(34)24-23-17(28)12(2)26-11-15(27(30)31)18(25-26)32-3/h5-12H,4H2,1-3H3,(H,23,28)(H2,22,24,34). The fourth-order valence-corrected chi connectivity index (χ4v) is 4.17. The van der Waals surface area contributed by atoms with Crippen molar-refractivity contribution < 1.29 is 24.0 Å². The lowest BCUT2D eigenvalue weighted by Crippen LogP contribution is -2.46. The lowest BCUT2D eigenvalue weighted by molar-refractivity contribution is -0.385. The third-order valence-electron chi connectivity index (χ3n) is 4.66. The highest BCUT2D eigenvalue weighted by atomic mass is 32.1. The molecule has 1 unspecified atom stereocenters. The van der Waals surface area contributed by atoms with Crippen molar-refractivity contribution in [2.45, 2.75) is 19.9 Å². The van der Waals surface area contributed by atoms with Crippen LogP contribution in [0.4, 0.5) is 10.7 Å². The normalized spacial score (nSPS) is 11.3. The van der Waals surface area contributed by atoms with E-state index in [1.807, 2.05) is 30.3 Å². The predicted molar refractivity (Wildman–Crippen MR) is 133 cm³/mol. The van der Waals surface area contributed by atoms with Crippen LogP contribution in [0.1, 0.15) is 30.2 Å². The van der Waals surface area contributed by atoms with Gasteiger partial charge in [0, 0.05) is 4.88 Å². The third kappa shape index (κ3) is 6.10. The number of esters is 1. The zero-order valence-corrected chi connectivity index (χ0v) is 20.6. The van der Waals surface area contributed by atoms with E-state index < -0.39 is 22.8 Å². The molecule has 184 valence electrons. The minimum absolute atomic E-state index is 0.0154. The van der Waals surface area contributed by atoms with Crippen molar-refractivity contribution in [2.24, 2.45) is 0 Å². The molecule has 0 radical (unpaired) electrons. The molecule has 14 heteroatoms. The van der Waals surface area contributed by atoms with Crippen LogP contribution in [0.3, 0.4) is 0 Å². The molecule has 1 amide bonds. The number of carbonyl (C=O) groups is 2. The average molecular weight is 519 g/mol. The van der Waals surface area contributed by atoms with Crippen LogP contribution in [0.25, 0.3) is 10.4 Å². The Morgan fingerprint density at radius 3 is 2.60 bits per heavy atom. The van der Waals surface area contributed by atoms with Gasteiger partial charge in [0.15, 0.2) is 5.11 Å². The predicted octanol–water partition coefficient (Wildman–Crippen LogP) is 3.28. The number of nitrogens with zero attached hydrogens (tertiary/aromatic N) is 3. The molecule has 0 aliphatic heterocycles. The average Bonchev–Trinajstić information content (AvgIpc) is 3.47. The zero-order chi connectivity index (χ0) is 25.5. The number of carbonyl (C=O) groups excluding carboxylic acids is 2. The fourth-order valence-electron chi connectivity index (χ4n) is 2.90. The quantitative estimate of drug-likeness (QED) is 0.175. The number of ether oxygens (including phenoxy) is 2. The van der Waals surface area contributed by atoms with Crippen LogP contribution in [0.5, 0.6) is 5.88 Å². The van der Waals surface area contributed by atoms with Gasteiger partial charge < -0.3 is 14.8 Å². The molecule has 2 heterocycles. The molecule has 0 fully saturated rings.